The lowest BCUT2D eigenvalue weighted by molar-refractivity contribution is -0.0642. The van der Waals surface area contributed by atoms with Gasteiger partial charge in [-0.1, -0.05) is 24.3 Å². The maximum atomic E-state index is 6.23. The summed E-state index contributed by atoms with van der Waals surface area (Å²) in [6, 6.07) is 9.69. The summed E-state index contributed by atoms with van der Waals surface area (Å²) in [6.45, 7) is 5.20. The van der Waals surface area contributed by atoms with Gasteiger partial charge in [0.2, 0.25) is 0 Å². The molecule has 3 unspecified atom stereocenters. The van der Waals surface area contributed by atoms with Crippen LogP contribution in [-0.2, 0) is 4.74 Å². The molecule has 1 aromatic carbocycles. The molecular formula is C16H24N2O. The summed E-state index contributed by atoms with van der Waals surface area (Å²) < 4.78 is 5.79. The van der Waals surface area contributed by atoms with Gasteiger partial charge in [-0.25, -0.2) is 0 Å². The quantitative estimate of drug-likeness (QED) is 0.859. The third-order valence-corrected chi connectivity index (χ3v) is 4.39. The zero-order valence-corrected chi connectivity index (χ0v) is 11.9. The van der Waals surface area contributed by atoms with Crippen LogP contribution in [0.25, 0.3) is 0 Å². The summed E-state index contributed by atoms with van der Waals surface area (Å²) in [7, 11) is 0. The average Bonchev–Trinajstić information content (AvgIpc) is 2.66. The van der Waals surface area contributed by atoms with E-state index in [-0.39, 0.29) is 11.6 Å². The van der Waals surface area contributed by atoms with Crippen molar-refractivity contribution >= 4 is 0 Å². The van der Waals surface area contributed by atoms with E-state index in [1.165, 1.54) is 11.1 Å². The van der Waals surface area contributed by atoms with Gasteiger partial charge in [-0.05, 0) is 44.2 Å². The maximum Gasteiger partial charge on any atom is 0.0641 e. The molecule has 1 aliphatic heterocycles. The SMILES string of the molecule is CC1(C)CC(NC2CC(N)c3ccccc32)CCO1. The number of nitrogens with one attached hydrogen (secondary N) is 1. The van der Waals surface area contributed by atoms with Crippen molar-refractivity contribution in [3.63, 3.8) is 0 Å². The van der Waals surface area contributed by atoms with E-state index in [9.17, 15) is 0 Å². The van der Waals surface area contributed by atoms with Crippen LogP contribution < -0.4 is 11.1 Å². The van der Waals surface area contributed by atoms with Crippen molar-refractivity contribution < 1.29 is 4.74 Å². The van der Waals surface area contributed by atoms with Gasteiger partial charge in [-0.2, -0.15) is 0 Å². The lowest BCUT2D eigenvalue weighted by atomic mass is 9.93. The minimum Gasteiger partial charge on any atom is -0.375 e. The van der Waals surface area contributed by atoms with E-state index in [4.69, 9.17) is 10.5 Å². The molecule has 2 aliphatic rings. The topological polar surface area (TPSA) is 47.3 Å². The maximum absolute atomic E-state index is 6.23. The standard InChI is InChI=1S/C16H24N2O/c1-16(2)10-11(7-8-19-16)18-15-9-14(17)12-5-3-4-6-13(12)15/h3-6,11,14-15,18H,7-10,17H2,1-2H3. The van der Waals surface area contributed by atoms with E-state index in [1.807, 2.05) is 0 Å². The largest absolute Gasteiger partial charge is 0.375 e. The van der Waals surface area contributed by atoms with E-state index in [0.717, 1.165) is 25.9 Å². The Morgan fingerprint density at radius 3 is 2.74 bits per heavy atom. The van der Waals surface area contributed by atoms with Crippen LogP contribution in [0, 0.1) is 0 Å². The molecule has 3 rings (SSSR count). The van der Waals surface area contributed by atoms with Gasteiger partial charge >= 0.3 is 0 Å². The van der Waals surface area contributed by atoms with Crippen LogP contribution in [0.3, 0.4) is 0 Å². The molecule has 19 heavy (non-hydrogen) atoms. The molecule has 0 aromatic heterocycles. The van der Waals surface area contributed by atoms with Crippen molar-refractivity contribution in [1.82, 2.24) is 5.32 Å². The van der Waals surface area contributed by atoms with E-state index >= 15 is 0 Å². The van der Waals surface area contributed by atoms with Gasteiger partial charge in [0, 0.05) is 24.7 Å². The minimum absolute atomic E-state index is 0.00381. The zero-order chi connectivity index (χ0) is 13.5. The number of rotatable bonds is 2. The average molecular weight is 260 g/mol. The third-order valence-electron chi connectivity index (χ3n) is 4.39. The highest BCUT2D eigenvalue weighted by atomic mass is 16.5. The first-order valence-corrected chi connectivity index (χ1v) is 7.29. The van der Waals surface area contributed by atoms with Gasteiger partial charge in [0.05, 0.1) is 5.60 Å². The van der Waals surface area contributed by atoms with Crippen molar-refractivity contribution in [2.75, 3.05) is 6.61 Å². The Morgan fingerprint density at radius 2 is 2.00 bits per heavy atom. The number of fused-ring (bicyclic) bond motifs is 1. The van der Waals surface area contributed by atoms with Crippen LogP contribution in [0.1, 0.15) is 56.3 Å². The molecule has 3 N–H and O–H groups in total. The number of nitrogens with two attached hydrogens (primary N) is 1. The van der Waals surface area contributed by atoms with E-state index in [1.54, 1.807) is 0 Å². The van der Waals surface area contributed by atoms with Crippen LogP contribution in [0.2, 0.25) is 0 Å². The molecule has 1 saturated heterocycles. The Labute approximate surface area is 115 Å². The Bertz CT molecular complexity index is 458. The lowest BCUT2D eigenvalue weighted by Crippen LogP contribution is -2.44. The number of hydrogen-bond donors (Lipinski definition) is 2. The van der Waals surface area contributed by atoms with Crippen LogP contribution in [-0.4, -0.2) is 18.2 Å². The fraction of sp³-hybridized carbons (Fsp3) is 0.625. The predicted molar refractivity (Wildman–Crippen MR) is 76.9 cm³/mol. The summed E-state index contributed by atoms with van der Waals surface area (Å²) >= 11 is 0. The summed E-state index contributed by atoms with van der Waals surface area (Å²) in [5.41, 5.74) is 8.93. The first-order valence-electron chi connectivity index (χ1n) is 7.29. The molecule has 3 atom stereocenters. The number of ether oxygens (including phenoxy) is 1. The van der Waals surface area contributed by atoms with E-state index < -0.39 is 0 Å². The normalized spacial score (nSPS) is 33.1. The van der Waals surface area contributed by atoms with Gasteiger partial charge in [0.1, 0.15) is 0 Å². The minimum atomic E-state index is -0.00381. The molecule has 0 spiro atoms. The molecule has 0 amide bonds. The fourth-order valence-corrected chi connectivity index (χ4v) is 3.49. The van der Waals surface area contributed by atoms with Crippen molar-refractivity contribution in [2.45, 2.75) is 56.8 Å². The van der Waals surface area contributed by atoms with E-state index in [0.29, 0.717) is 12.1 Å². The second-order valence-corrected chi connectivity index (χ2v) is 6.49. The van der Waals surface area contributed by atoms with Crippen molar-refractivity contribution in [3.8, 4) is 0 Å². The molecule has 0 bridgehead atoms. The molecule has 0 radical (unpaired) electrons. The molecule has 1 heterocycles. The summed E-state index contributed by atoms with van der Waals surface area (Å²) in [5.74, 6) is 0. The molecule has 3 nitrogen and oxygen atoms in total. The summed E-state index contributed by atoms with van der Waals surface area (Å²) in [5, 5.41) is 3.80. The second-order valence-electron chi connectivity index (χ2n) is 6.49. The molecule has 0 saturated carbocycles. The summed E-state index contributed by atoms with van der Waals surface area (Å²) in [4.78, 5) is 0. The van der Waals surface area contributed by atoms with Gasteiger partial charge < -0.3 is 15.8 Å². The van der Waals surface area contributed by atoms with Crippen LogP contribution >= 0.6 is 0 Å². The molecule has 3 heteroatoms. The number of hydrogen-bond acceptors (Lipinski definition) is 3. The molecular weight excluding hydrogens is 236 g/mol. The molecule has 1 fully saturated rings. The predicted octanol–water partition coefficient (Wildman–Crippen LogP) is 2.68. The number of benzene rings is 1. The van der Waals surface area contributed by atoms with Gasteiger partial charge in [-0.15, -0.1) is 0 Å². The van der Waals surface area contributed by atoms with E-state index in [2.05, 4.69) is 43.4 Å². The van der Waals surface area contributed by atoms with Crippen molar-refractivity contribution in [1.29, 1.82) is 0 Å². The first kappa shape index (κ1) is 13.1. The van der Waals surface area contributed by atoms with Crippen LogP contribution in [0.5, 0.6) is 0 Å². The Balaban J connectivity index is 1.71. The zero-order valence-electron chi connectivity index (χ0n) is 11.9. The monoisotopic (exact) mass is 260 g/mol. The molecule has 1 aliphatic carbocycles. The van der Waals surface area contributed by atoms with Crippen LogP contribution in [0.4, 0.5) is 0 Å². The van der Waals surface area contributed by atoms with Gasteiger partial charge in [0.15, 0.2) is 0 Å². The first-order chi connectivity index (χ1) is 9.05. The lowest BCUT2D eigenvalue weighted by Gasteiger charge is -2.37. The Kier molecular flexibility index (Phi) is 3.37. The Hall–Kier alpha value is -0.900. The second kappa shape index (κ2) is 4.89. The molecule has 1 aromatic rings. The highest BCUT2D eigenvalue weighted by Crippen LogP contribution is 2.38. The highest BCUT2D eigenvalue weighted by molar-refractivity contribution is 5.37. The highest BCUT2D eigenvalue weighted by Gasteiger charge is 2.33. The molecule has 104 valence electrons. The van der Waals surface area contributed by atoms with Crippen molar-refractivity contribution in [2.24, 2.45) is 5.73 Å². The van der Waals surface area contributed by atoms with Gasteiger partial charge in [-0.3, -0.25) is 0 Å². The smallest absolute Gasteiger partial charge is 0.0641 e. The fourth-order valence-electron chi connectivity index (χ4n) is 3.49. The van der Waals surface area contributed by atoms with Gasteiger partial charge in [0.25, 0.3) is 0 Å². The van der Waals surface area contributed by atoms with Crippen LogP contribution in [0.15, 0.2) is 24.3 Å². The van der Waals surface area contributed by atoms with Crippen molar-refractivity contribution in [3.05, 3.63) is 35.4 Å². The third kappa shape index (κ3) is 2.69. The summed E-state index contributed by atoms with van der Waals surface area (Å²) in [6.07, 6.45) is 3.18. The Morgan fingerprint density at radius 1 is 1.26 bits per heavy atom.